The number of nitrogens with two attached hydrogens (primary N) is 1. The van der Waals surface area contributed by atoms with Crippen LogP contribution in [-0.2, 0) is 13.1 Å². The molecule has 3 rings (SSSR count). The van der Waals surface area contributed by atoms with Gasteiger partial charge in [-0.2, -0.15) is 0 Å². The molecule has 6 nitrogen and oxygen atoms in total. The molecule has 1 aromatic heterocycles. The first-order valence-electron chi connectivity index (χ1n) is 8.53. The van der Waals surface area contributed by atoms with E-state index < -0.39 is 0 Å². The Morgan fingerprint density at radius 1 is 1.16 bits per heavy atom. The van der Waals surface area contributed by atoms with E-state index in [4.69, 9.17) is 5.73 Å². The molecular formula is C18H26N6S. The molecule has 2 aromatic rings. The number of hydrogen-bond acceptors (Lipinski definition) is 5. The molecule has 2 heterocycles. The monoisotopic (exact) mass is 358 g/mol. The smallest absolute Gasteiger partial charge is 0.191 e. The lowest BCUT2D eigenvalue weighted by molar-refractivity contribution is 0.380. The van der Waals surface area contributed by atoms with Crippen LogP contribution in [0.5, 0.6) is 0 Å². The molecule has 1 saturated heterocycles. The molecule has 0 spiro atoms. The molecule has 1 aliphatic rings. The van der Waals surface area contributed by atoms with Crippen LogP contribution in [0, 0.1) is 0 Å². The molecule has 2 N–H and O–H groups in total. The fourth-order valence-electron chi connectivity index (χ4n) is 2.89. The number of hydrogen-bond donors (Lipinski definition) is 1. The highest BCUT2D eigenvalue weighted by Crippen LogP contribution is 2.18. The van der Waals surface area contributed by atoms with Gasteiger partial charge in [0.1, 0.15) is 0 Å². The summed E-state index contributed by atoms with van der Waals surface area (Å²) in [5.74, 6) is 0.635. The molecule has 0 aliphatic carbocycles. The van der Waals surface area contributed by atoms with Crippen LogP contribution in [-0.4, -0.2) is 61.0 Å². The summed E-state index contributed by atoms with van der Waals surface area (Å²) in [6.07, 6.45) is 1.85. The Hall–Kier alpha value is -2.12. The average Bonchev–Trinajstić information content (AvgIpc) is 3.15. The Labute approximate surface area is 153 Å². The van der Waals surface area contributed by atoms with E-state index in [1.807, 2.05) is 11.6 Å². The third-order valence-electron chi connectivity index (χ3n) is 4.24. The van der Waals surface area contributed by atoms with Crippen LogP contribution in [0.1, 0.15) is 11.1 Å². The Bertz CT molecular complexity index is 672. The van der Waals surface area contributed by atoms with Gasteiger partial charge in [0, 0.05) is 44.3 Å². The van der Waals surface area contributed by atoms with Crippen molar-refractivity contribution in [3.8, 4) is 0 Å². The third kappa shape index (κ3) is 4.93. The maximum absolute atomic E-state index is 6.19. The second-order valence-electron chi connectivity index (χ2n) is 6.52. The van der Waals surface area contributed by atoms with E-state index in [9.17, 15) is 0 Å². The van der Waals surface area contributed by atoms with Gasteiger partial charge in [-0.15, -0.1) is 11.3 Å². The normalized spacial score (nSPS) is 15.9. The second kappa shape index (κ2) is 8.31. The van der Waals surface area contributed by atoms with E-state index >= 15 is 0 Å². The number of rotatable bonds is 5. The van der Waals surface area contributed by atoms with Crippen molar-refractivity contribution in [2.75, 3.05) is 45.2 Å². The Morgan fingerprint density at radius 2 is 1.84 bits per heavy atom. The SMILES string of the molecule is CN(C)Cc1ccc(CN=C(N)N2CCN(c3nccs3)CC2)cc1. The predicted molar refractivity (Wildman–Crippen MR) is 105 cm³/mol. The minimum absolute atomic E-state index is 0.626. The van der Waals surface area contributed by atoms with Crippen molar-refractivity contribution in [3.05, 3.63) is 47.0 Å². The molecular weight excluding hydrogens is 332 g/mol. The number of piperazine rings is 1. The lowest BCUT2D eigenvalue weighted by atomic mass is 10.1. The van der Waals surface area contributed by atoms with E-state index in [-0.39, 0.29) is 0 Å². The minimum atomic E-state index is 0.626. The zero-order chi connectivity index (χ0) is 17.6. The fraction of sp³-hybridized carbons (Fsp3) is 0.444. The van der Waals surface area contributed by atoms with E-state index in [0.29, 0.717) is 12.5 Å². The first kappa shape index (κ1) is 17.7. The van der Waals surface area contributed by atoms with Gasteiger partial charge in [-0.3, -0.25) is 0 Å². The van der Waals surface area contributed by atoms with Crippen molar-refractivity contribution in [1.82, 2.24) is 14.8 Å². The van der Waals surface area contributed by atoms with Crippen LogP contribution in [0.4, 0.5) is 5.13 Å². The van der Waals surface area contributed by atoms with Crippen LogP contribution in [0.15, 0.2) is 40.8 Å². The van der Waals surface area contributed by atoms with Crippen molar-refractivity contribution in [2.24, 2.45) is 10.7 Å². The van der Waals surface area contributed by atoms with E-state index in [2.05, 4.69) is 63.0 Å². The van der Waals surface area contributed by atoms with Gasteiger partial charge in [-0.1, -0.05) is 24.3 Å². The summed E-state index contributed by atoms with van der Waals surface area (Å²) in [6.45, 7) is 5.22. The average molecular weight is 359 g/mol. The van der Waals surface area contributed by atoms with Gasteiger partial charge in [0.25, 0.3) is 0 Å². The Kier molecular flexibility index (Phi) is 5.88. The number of aromatic nitrogens is 1. The molecule has 134 valence electrons. The van der Waals surface area contributed by atoms with Crippen LogP contribution < -0.4 is 10.6 Å². The zero-order valence-electron chi connectivity index (χ0n) is 14.9. The molecule has 0 atom stereocenters. The third-order valence-corrected chi connectivity index (χ3v) is 5.07. The standard InChI is InChI=1S/C18H26N6S/c1-22(2)14-16-5-3-15(4-6-16)13-21-17(19)23-8-10-24(11-9-23)18-20-7-12-25-18/h3-7,12H,8-11,13-14H2,1-2H3,(H2,19,21). The van der Waals surface area contributed by atoms with Crippen molar-refractivity contribution in [2.45, 2.75) is 13.1 Å². The highest BCUT2D eigenvalue weighted by Gasteiger charge is 2.19. The minimum Gasteiger partial charge on any atom is -0.370 e. The van der Waals surface area contributed by atoms with Crippen molar-refractivity contribution in [3.63, 3.8) is 0 Å². The van der Waals surface area contributed by atoms with E-state index in [0.717, 1.165) is 37.9 Å². The summed E-state index contributed by atoms with van der Waals surface area (Å²) in [5, 5.41) is 3.11. The molecule has 1 aromatic carbocycles. The molecule has 0 saturated carbocycles. The number of anilines is 1. The summed E-state index contributed by atoms with van der Waals surface area (Å²) in [4.78, 5) is 15.6. The largest absolute Gasteiger partial charge is 0.370 e. The summed E-state index contributed by atoms with van der Waals surface area (Å²) >= 11 is 1.68. The lowest BCUT2D eigenvalue weighted by Crippen LogP contribution is -2.51. The van der Waals surface area contributed by atoms with Crippen LogP contribution in [0.25, 0.3) is 0 Å². The van der Waals surface area contributed by atoms with Gasteiger partial charge in [-0.05, 0) is 25.2 Å². The highest BCUT2D eigenvalue weighted by atomic mass is 32.1. The van der Waals surface area contributed by atoms with Crippen molar-refractivity contribution < 1.29 is 0 Å². The molecule has 7 heteroatoms. The van der Waals surface area contributed by atoms with Crippen LogP contribution in [0.3, 0.4) is 0 Å². The Morgan fingerprint density at radius 3 is 2.44 bits per heavy atom. The predicted octanol–water partition coefficient (Wildman–Crippen LogP) is 1.84. The van der Waals surface area contributed by atoms with E-state index in [1.165, 1.54) is 11.1 Å². The highest BCUT2D eigenvalue weighted by molar-refractivity contribution is 7.13. The number of aliphatic imine (C=N–C) groups is 1. The summed E-state index contributed by atoms with van der Waals surface area (Å²) < 4.78 is 0. The number of benzene rings is 1. The van der Waals surface area contributed by atoms with E-state index in [1.54, 1.807) is 11.3 Å². The van der Waals surface area contributed by atoms with Gasteiger partial charge in [-0.25, -0.2) is 9.98 Å². The van der Waals surface area contributed by atoms with Gasteiger partial charge < -0.3 is 20.4 Å². The number of thiazole rings is 1. The first-order valence-corrected chi connectivity index (χ1v) is 9.41. The van der Waals surface area contributed by atoms with Gasteiger partial charge in [0.05, 0.1) is 6.54 Å². The van der Waals surface area contributed by atoms with Crippen molar-refractivity contribution >= 4 is 22.4 Å². The molecule has 25 heavy (non-hydrogen) atoms. The molecule has 1 fully saturated rings. The van der Waals surface area contributed by atoms with Gasteiger partial charge in [0.15, 0.2) is 11.1 Å². The zero-order valence-corrected chi connectivity index (χ0v) is 15.7. The van der Waals surface area contributed by atoms with Gasteiger partial charge >= 0.3 is 0 Å². The quantitative estimate of drug-likeness (QED) is 0.653. The van der Waals surface area contributed by atoms with Crippen LogP contribution >= 0.6 is 11.3 Å². The Balaban J connectivity index is 1.50. The maximum atomic E-state index is 6.19. The molecule has 0 radical (unpaired) electrons. The topological polar surface area (TPSA) is 61.0 Å². The first-order chi connectivity index (χ1) is 12.1. The molecule has 0 bridgehead atoms. The summed E-state index contributed by atoms with van der Waals surface area (Å²) in [6, 6.07) is 8.59. The maximum Gasteiger partial charge on any atom is 0.191 e. The molecule has 0 amide bonds. The summed E-state index contributed by atoms with van der Waals surface area (Å²) in [7, 11) is 4.15. The second-order valence-corrected chi connectivity index (χ2v) is 7.39. The fourth-order valence-corrected chi connectivity index (χ4v) is 3.58. The van der Waals surface area contributed by atoms with Crippen LogP contribution in [0.2, 0.25) is 0 Å². The number of guanidine groups is 1. The summed E-state index contributed by atoms with van der Waals surface area (Å²) in [5.41, 5.74) is 8.69. The molecule has 1 aliphatic heterocycles. The molecule has 0 unspecified atom stereocenters. The lowest BCUT2D eigenvalue weighted by Gasteiger charge is -2.35. The van der Waals surface area contributed by atoms with Crippen molar-refractivity contribution in [1.29, 1.82) is 0 Å². The number of nitrogens with zero attached hydrogens (tertiary/aromatic N) is 5. The van der Waals surface area contributed by atoms with Gasteiger partial charge in [0.2, 0.25) is 0 Å².